The summed E-state index contributed by atoms with van der Waals surface area (Å²) in [5.74, 6) is 0. The first-order valence-electron chi connectivity index (χ1n) is 12.2. The summed E-state index contributed by atoms with van der Waals surface area (Å²) in [6, 6.07) is 29.3. The van der Waals surface area contributed by atoms with Gasteiger partial charge in [-0.1, -0.05) is 66.7 Å². The molecule has 4 aromatic rings. The minimum atomic E-state index is -0.314. The van der Waals surface area contributed by atoms with Gasteiger partial charge in [-0.25, -0.2) is 0 Å². The van der Waals surface area contributed by atoms with Crippen LogP contribution in [0, 0.1) is 10.1 Å². The number of benzene rings is 3. The third kappa shape index (κ3) is 5.53. The van der Waals surface area contributed by atoms with Crippen LogP contribution < -0.4 is 10.2 Å². The van der Waals surface area contributed by atoms with Gasteiger partial charge in [0.1, 0.15) is 5.69 Å². The van der Waals surface area contributed by atoms with Crippen LogP contribution in [-0.4, -0.2) is 41.0 Å². The molecule has 3 aromatic carbocycles. The summed E-state index contributed by atoms with van der Waals surface area (Å²) in [6.45, 7) is 4.44. The summed E-state index contributed by atoms with van der Waals surface area (Å²) in [5.41, 5.74) is 4.89. The van der Waals surface area contributed by atoms with Gasteiger partial charge in [-0.3, -0.25) is 20.0 Å². The summed E-state index contributed by atoms with van der Waals surface area (Å²) in [5, 5.41) is 15.4. The Bertz CT molecular complexity index is 1240. The Morgan fingerprint density at radius 1 is 0.861 bits per heavy atom. The number of rotatable bonds is 8. The lowest BCUT2D eigenvalue weighted by Gasteiger charge is -2.36. The minimum Gasteiger partial charge on any atom is -0.369 e. The van der Waals surface area contributed by atoms with Gasteiger partial charge in [0.15, 0.2) is 0 Å². The fourth-order valence-electron chi connectivity index (χ4n) is 4.72. The normalized spacial score (nSPS) is 14.1. The van der Waals surface area contributed by atoms with Crippen molar-refractivity contribution in [2.24, 2.45) is 0 Å². The highest BCUT2D eigenvalue weighted by Crippen LogP contribution is 2.35. The molecule has 0 bridgehead atoms. The zero-order valence-electron chi connectivity index (χ0n) is 20.0. The van der Waals surface area contributed by atoms with E-state index in [-0.39, 0.29) is 16.7 Å². The Balaban J connectivity index is 1.37. The summed E-state index contributed by atoms with van der Waals surface area (Å²) >= 11 is 0. The smallest absolute Gasteiger partial charge is 0.292 e. The molecule has 1 aromatic heterocycles. The minimum absolute atomic E-state index is 0.0748. The molecule has 0 amide bonds. The highest BCUT2D eigenvalue weighted by Gasteiger charge is 2.23. The second kappa shape index (κ2) is 11.0. The number of aromatic nitrogens is 1. The van der Waals surface area contributed by atoms with Gasteiger partial charge in [0.2, 0.25) is 0 Å². The van der Waals surface area contributed by atoms with E-state index in [4.69, 9.17) is 0 Å². The molecule has 0 saturated carbocycles. The molecule has 36 heavy (non-hydrogen) atoms. The molecule has 182 valence electrons. The number of hydrogen-bond acceptors (Lipinski definition) is 6. The Morgan fingerprint density at radius 2 is 1.53 bits per heavy atom. The second-order valence-electron chi connectivity index (χ2n) is 8.98. The van der Waals surface area contributed by atoms with Crippen molar-refractivity contribution in [2.75, 3.05) is 36.4 Å². The Hall–Kier alpha value is -4.23. The van der Waals surface area contributed by atoms with E-state index in [1.807, 2.05) is 85.1 Å². The maximum Gasteiger partial charge on any atom is 0.292 e. The Labute approximate surface area is 211 Å². The van der Waals surface area contributed by atoms with Gasteiger partial charge in [0, 0.05) is 56.9 Å². The average Bonchev–Trinajstić information content (AvgIpc) is 2.93. The van der Waals surface area contributed by atoms with Crippen LogP contribution in [0.1, 0.15) is 22.7 Å². The third-order valence-corrected chi connectivity index (χ3v) is 6.61. The molecule has 0 radical (unpaired) electrons. The van der Waals surface area contributed by atoms with Crippen molar-refractivity contribution in [3.8, 4) is 0 Å². The predicted molar refractivity (Wildman–Crippen MR) is 143 cm³/mol. The fraction of sp³-hybridized carbons (Fsp3) is 0.207. The van der Waals surface area contributed by atoms with Crippen LogP contribution in [0.3, 0.4) is 0 Å². The molecule has 7 nitrogen and oxygen atoms in total. The van der Waals surface area contributed by atoms with Crippen LogP contribution in [0.5, 0.6) is 0 Å². The molecular formula is C29H29N5O2. The molecule has 1 fully saturated rings. The van der Waals surface area contributed by atoms with Gasteiger partial charge in [-0.2, -0.15) is 0 Å². The van der Waals surface area contributed by atoms with E-state index in [2.05, 4.69) is 26.2 Å². The van der Waals surface area contributed by atoms with Gasteiger partial charge in [-0.15, -0.1) is 0 Å². The number of nitrogens with zero attached hydrogens (tertiary/aromatic N) is 4. The van der Waals surface area contributed by atoms with E-state index in [1.165, 1.54) is 5.56 Å². The summed E-state index contributed by atoms with van der Waals surface area (Å²) < 4.78 is 0. The molecule has 1 N–H and O–H groups in total. The van der Waals surface area contributed by atoms with E-state index in [0.29, 0.717) is 5.69 Å². The molecule has 1 aliphatic heterocycles. The van der Waals surface area contributed by atoms with Crippen molar-refractivity contribution in [2.45, 2.75) is 12.6 Å². The van der Waals surface area contributed by atoms with Gasteiger partial charge in [-0.05, 0) is 34.9 Å². The SMILES string of the molecule is O=[N+]([O-])c1ccc(N2CCN(Cc3cccnc3)CC2)cc1NC(c1ccccc1)c1ccccc1. The summed E-state index contributed by atoms with van der Waals surface area (Å²) in [7, 11) is 0. The topological polar surface area (TPSA) is 74.5 Å². The quantitative estimate of drug-likeness (QED) is 0.265. The standard InChI is InChI=1S/C29H29N5O2/c35-34(36)28-14-13-26(33-18-16-32(17-19-33)22-23-8-7-15-30-21-23)20-27(28)31-29(24-9-3-1-4-10-24)25-11-5-2-6-12-25/h1-15,20-21,29,31H,16-19,22H2. The van der Waals surface area contributed by atoms with E-state index in [1.54, 1.807) is 12.3 Å². The largest absolute Gasteiger partial charge is 0.369 e. The monoisotopic (exact) mass is 479 g/mol. The number of pyridine rings is 1. The lowest BCUT2D eigenvalue weighted by atomic mass is 9.98. The lowest BCUT2D eigenvalue weighted by molar-refractivity contribution is -0.384. The zero-order chi connectivity index (χ0) is 24.7. The molecule has 0 aliphatic carbocycles. The summed E-state index contributed by atoms with van der Waals surface area (Å²) in [6.07, 6.45) is 3.71. The number of nitro benzene ring substituents is 1. The fourth-order valence-corrected chi connectivity index (χ4v) is 4.72. The van der Waals surface area contributed by atoms with Crippen LogP contribution in [0.4, 0.5) is 17.1 Å². The molecule has 5 rings (SSSR count). The van der Waals surface area contributed by atoms with E-state index in [9.17, 15) is 10.1 Å². The first kappa shape index (κ1) is 23.5. The highest BCUT2D eigenvalue weighted by molar-refractivity contribution is 5.70. The number of hydrogen-bond donors (Lipinski definition) is 1. The van der Waals surface area contributed by atoms with Crippen molar-refractivity contribution in [3.05, 3.63) is 130 Å². The van der Waals surface area contributed by atoms with E-state index in [0.717, 1.165) is 49.5 Å². The number of piperazine rings is 1. The van der Waals surface area contributed by atoms with Gasteiger partial charge < -0.3 is 10.2 Å². The van der Waals surface area contributed by atoms with Crippen molar-refractivity contribution in [1.29, 1.82) is 0 Å². The van der Waals surface area contributed by atoms with Crippen molar-refractivity contribution in [3.63, 3.8) is 0 Å². The maximum absolute atomic E-state index is 11.9. The van der Waals surface area contributed by atoms with E-state index >= 15 is 0 Å². The number of nitro groups is 1. The second-order valence-corrected chi connectivity index (χ2v) is 8.98. The Morgan fingerprint density at radius 3 is 2.11 bits per heavy atom. The molecule has 1 saturated heterocycles. The van der Waals surface area contributed by atoms with Crippen LogP contribution in [0.15, 0.2) is 103 Å². The maximum atomic E-state index is 11.9. The molecule has 0 atom stereocenters. The number of anilines is 2. The van der Waals surface area contributed by atoms with Crippen molar-refractivity contribution >= 4 is 17.1 Å². The lowest BCUT2D eigenvalue weighted by Crippen LogP contribution is -2.46. The van der Waals surface area contributed by atoms with Gasteiger partial charge in [0.25, 0.3) is 5.69 Å². The first-order valence-corrected chi connectivity index (χ1v) is 12.2. The van der Waals surface area contributed by atoms with Crippen LogP contribution in [0.25, 0.3) is 0 Å². The third-order valence-electron chi connectivity index (χ3n) is 6.61. The Kier molecular flexibility index (Phi) is 7.19. The van der Waals surface area contributed by atoms with Crippen LogP contribution >= 0.6 is 0 Å². The highest BCUT2D eigenvalue weighted by atomic mass is 16.6. The molecule has 0 unspecified atom stereocenters. The molecule has 0 spiro atoms. The summed E-state index contributed by atoms with van der Waals surface area (Å²) in [4.78, 5) is 20.5. The van der Waals surface area contributed by atoms with E-state index < -0.39 is 0 Å². The molecule has 7 heteroatoms. The molecule has 2 heterocycles. The van der Waals surface area contributed by atoms with Crippen LogP contribution in [0.2, 0.25) is 0 Å². The first-order chi connectivity index (χ1) is 17.7. The zero-order valence-corrected chi connectivity index (χ0v) is 20.0. The molecular weight excluding hydrogens is 450 g/mol. The number of nitrogens with one attached hydrogen (secondary N) is 1. The van der Waals surface area contributed by atoms with Gasteiger partial charge >= 0.3 is 0 Å². The predicted octanol–water partition coefficient (Wildman–Crippen LogP) is 5.51. The average molecular weight is 480 g/mol. The van der Waals surface area contributed by atoms with Gasteiger partial charge in [0.05, 0.1) is 11.0 Å². The van der Waals surface area contributed by atoms with Crippen molar-refractivity contribution in [1.82, 2.24) is 9.88 Å². The van der Waals surface area contributed by atoms with Crippen molar-refractivity contribution < 1.29 is 4.92 Å². The van der Waals surface area contributed by atoms with Crippen LogP contribution in [-0.2, 0) is 6.54 Å². The molecule has 1 aliphatic rings.